The first-order chi connectivity index (χ1) is 9.48. The number of carbonyl (C=O) groups is 2. The molecular formula is C11H17N5O4. The Morgan fingerprint density at radius 1 is 1.60 bits per heavy atom. The Labute approximate surface area is 115 Å². The van der Waals surface area contributed by atoms with Gasteiger partial charge in [-0.2, -0.15) is 5.10 Å². The lowest BCUT2D eigenvalue weighted by molar-refractivity contribution is -0.159. The summed E-state index contributed by atoms with van der Waals surface area (Å²) in [6.07, 6.45) is 1.99. The number of likely N-dealkylation sites (tertiary alicyclic amines) is 1. The van der Waals surface area contributed by atoms with E-state index >= 15 is 0 Å². The third kappa shape index (κ3) is 3.67. The minimum Gasteiger partial charge on any atom is -0.480 e. The van der Waals surface area contributed by atoms with Crippen LogP contribution in [-0.2, 0) is 16.0 Å². The van der Waals surface area contributed by atoms with Gasteiger partial charge in [-0.1, -0.05) is 0 Å². The number of carboxylic acid groups (broad SMARTS) is 1. The maximum atomic E-state index is 11.8. The molecule has 0 saturated carbocycles. The summed E-state index contributed by atoms with van der Waals surface area (Å²) in [7, 11) is 0. The molecule has 0 aliphatic carbocycles. The van der Waals surface area contributed by atoms with Crippen molar-refractivity contribution in [1.29, 1.82) is 0 Å². The van der Waals surface area contributed by atoms with Gasteiger partial charge in [0.25, 0.3) is 0 Å². The number of aliphatic carboxylic acids is 1. The van der Waals surface area contributed by atoms with Crippen LogP contribution in [0.3, 0.4) is 0 Å². The number of hydrogen-bond acceptors (Lipinski definition) is 5. The fraction of sp³-hybridized carbons (Fsp3) is 0.636. The number of aromatic nitrogens is 3. The third-order valence-corrected chi connectivity index (χ3v) is 2.98. The predicted octanol–water partition coefficient (Wildman–Crippen LogP) is -0.768. The maximum Gasteiger partial charge on any atom is 0.329 e. The van der Waals surface area contributed by atoms with E-state index in [1.807, 2.05) is 0 Å². The summed E-state index contributed by atoms with van der Waals surface area (Å²) in [6.45, 7) is 2.66. The smallest absolute Gasteiger partial charge is 0.329 e. The van der Waals surface area contributed by atoms with Crippen LogP contribution in [0.15, 0.2) is 6.33 Å². The van der Waals surface area contributed by atoms with E-state index in [-0.39, 0.29) is 12.6 Å². The number of aromatic amines is 1. The van der Waals surface area contributed by atoms with Crippen molar-refractivity contribution in [2.45, 2.75) is 18.9 Å². The van der Waals surface area contributed by atoms with Crippen LogP contribution < -0.4 is 5.32 Å². The van der Waals surface area contributed by atoms with Crippen molar-refractivity contribution in [3.63, 3.8) is 0 Å². The van der Waals surface area contributed by atoms with E-state index in [2.05, 4.69) is 20.5 Å². The molecule has 2 amide bonds. The molecule has 0 spiro atoms. The average Bonchev–Trinajstić information content (AvgIpc) is 2.86. The molecule has 9 heteroatoms. The Morgan fingerprint density at radius 2 is 2.35 bits per heavy atom. The van der Waals surface area contributed by atoms with Gasteiger partial charge in [0.2, 0.25) is 0 Å². The molecule has 0 atom stereocenters. The van der Waals surface area contributed by atoms with Gasteiger partial charge in [-0.25, -0.2) is 14.6 Å². The van der Waals surface area contributed by atoms with Crippen LogP contribution in [0.25, 0.3) is 0 Å². The lowest BCUT2D eigenvalue weighted by Gasteiger charge is -2.46. The van der Waals surface area contributed by atoms with Crippen molar-refractivity contribution in [3.05, 3.63) is 12.2 Å². The van der Waals surface area contributed by atoms with Gasteiger partial charge in [0.15, 0.2) is 0 Å². The molecule has 0 radical (unpaired) electrons. The lowest BCUT2D eigenvalue weighted by Crippen LogP contribution is -2.65. The summed E-state index contributed by atoms with van der Waals surface area (Å²) in [5, 5.41) is 17.7. The fourth-order valence-corrected chi connectivity index (χ4v) is 1.98. The van der Waals surface area contributed by atoms with Crippen LogP contribution in [0.1, 0.15) is 12.7 Å². The molecule has 9 nitrogen and oxygen atoms in total. The topological polar surface area (TPSA) is 120 Å². The molecule has 1 aliphatic heterocycles. The van der Waals surface area contributed by atoms with E-state index < -0.39 is 11.6 Å². The summed E-state index contributed by atoms with van der Waals surface area (Å²) < 4.78 is 5.23. The molecule has 1 aromatic rings. The van der Waals surface area contributed by atoms with Gasteiger partial charge in [0.05, 0.1) is 13.1 Å². The van der Waals surface area contributed by atoms with E-state index in [1.54, 1.807) is 11.8 Å². The number of nitrogens with one attached hydrogen (secondary N) is 2. The quantitative estimate of drug-likeness (QED) is 0.630. The van der Waals surface area contributed by atoms with Gasteiger partial charge in [-0.05, 0) is 6.92 Å². The van der Waals surface area contributed by atoms with Gasteiger partial charge in [-0.3, -0.25) is 5.10 Å². The molecule has 0 unspecified atom stereocenters. The number of carbonyl (C=O) groups excluding carboxylic acids is 1. The van der Waals surface area contributed by atoms with Gasteiger partial charge in [-0.15, -0.1) is 0 Å². The summed E-state index contributed by atoms with van der Waals surface area (Å²) >= 11 is 0. The normalized spacial score (nSPS) is 16.6. The highest BCUT2D eigenvalue weighted by molar-refractivity contribution is 5.75. The van der Waals surface area contributed by atoms with Gasteiger partial charge >= 0.3 is 12.0 Å². The van der Waals surface area contributed by atoms with Crippen LogP contribution in [0, 0.1) is 0 Å². The zero-order valence-corrected chi connectivity index (χ0v) is 11.1. The zero-order valence-electron chi connectivity index (χ0n) is 11.1. The molecule has 0 bridgehead atoms. The van der Waals surface area contributed by atoms with Crippen LogP contribution >= 0.6 is 0 Å². The number of carboxylic acids is 1. The van der Waals surface area contributed by atoms with Crippen LogP contribution in [-0.4, -0.2) is 69.0 Å². The minimum atomic E-state index is -1.01. The predicted molar refractivity (Wildman–Crippen MR) is 67.1 cm³/mol. The second kappa shape index (κ2) is 5.87. The summed E-state index contributed by atoms with van der Waals surface area (Å²) in [4.78, 5) is 27.7. The number of amides is 2. The Balaban J connectivity index is 1.64. The van der Waals surface area contributed by atoms with Crippen molar-refractivity contribution in [3.8, 4) is 0 Å². The van der Waals surface area contributed by atoms with Crippen molar-refractivity contribution >= 4 is 12.0 Å². The first-order valence-corrected chi connectivity index (χ1v) is 6.21. The monoisotopic (exact) mass is 283 g/mol. The van der Waals surface area contributed by atoms with Crippen LogP contribution in [0.5, 0.6) is 0 Å². The van der Waals surface area contributed by atoms with Crippen molar-refractivity contribution in [2.24, 2.45) is 0 Å². The molecule has 1 aliphatic rings. The van der Waals surface area contributed by atoms with E-state index in [1.165, 1.54) is 6.33 Å². The van der Waals surface area contributed by atoms with Crippen molar-refractivity contribution in [1.82, 2.24) is 25.4 Å². The first kappa shape index (κ1) is 14.3. The number of hydrogen-bond donors (Lipinski definition) is 3. The van der Waals surface area contributed by atoms with Gasteiger partial charge in [0, 0.05) is 13.0 Å². The van der Waals surface area contributed by atoms with Crippen LogP contribution in [0.4, 0.5) is 4.79 Å². The third-order valence-electron chi connectivity index (χ3n) is 2.98. The number of nitrogens with zero attached hydrogens (tertiary/aromatic N) is 3. The first-order valence-electron chi connectivity index (χ1n) is 6.21. The molecule has 20 heavy (non-hydrogen) atoms. The lowest BCUT2D eigenvalue weighted by atomic mass is 9.97. The van der Waals surface area contributed by atoms with E-state index in [0.717, 1.165) is 0 Å². The molecule has 0 aromatic carbocycles. The summed E-state index contributed by atoms with van der Waals surface area (Å²) in [5.74, 6) is -0.301. The molecule has 1 saturated heterocycles. The Morgan fingerprint density at radius 3 is 2.95 bits per heavy atom. The Bertz CT molecular complexity index is 469. The van der Waals surface area contributed by atoms with Crippen molar-refractivity contribution in [2.75, 3.05) is 26.2 Å². The maximum absolute atomic E-state index is 11.8. The highest BCUT2D eigenvalue weighted by Gasteiger charge is 2.42. The number of H-pyrrole nitrogens is 1. The second-order valence-corrected chi connectivity index (χ2v) is 4.90. The average molecular weight is 283 g/mol. The number of urea groups is 1. The van der Waals surface area contributed by atoms with Crippen molar-refractivity contribution < 1.29 is 19.4 Å². The highest BCUT2D eigenvalue weighted by Crippen LogP contribution is 2.24. The molecule has 1 fully saturated rings. The number of ether oxygens (including phenoxy) is 1. The zero-order chi connectivity index (χ0) is 14.6. The largest absolute Gasteiger partial charge is 0.480 e. The summed E-state index contributed by atoms with van der Waals surface area (Å²) in [6, 6.07) is -0.194. The molecule has 3 N–H and O–H groups in total. The molecule has 2 rings (SSSR count). The number of rotatable bonds is 6. The highest BCUT2D eigenvalue weighted by atomic mass is 16.5. The van der Waals surface area contributed by atoms with E-state index in [4.69, 9.17) is 9.84 Å². The Kier molecular flexibility index (Phi) is 4.18. The van der Waals surface area contributed by atoms with Gasteiger partial charge in [0.1, 0.15) is 24.4 Å². The van der Waals surface area contributed by atoms with Crippen LogP contribution in [0.2, 0.25) is 0 Å². The Hall–Kier alpha value is -2.16. The molecule has 110 valence electrons. The molecular weight excluding hydrogens is 266 g/mol. The fourth-order valence-electron chi connectivity index (χ4n) is 1.98. The SMILES string of the molecule is CC1(OCC(=O)O)CN(C(=O)NCCc2ncn[nH]2)C1. The minimum absolute atomic E-state index is 0.194. The van der Waals surface area contributed by atoms with Gasteiger partial charge < -0.3 is 20.1 Å². The van der Waals surface area contributed by atoms with E-state index in [9.17, 15) is 9.59 Å². The summed E-state index contributed by atoms with van der Waals surface area (Å²) in [5.41, 5.74) is -0.569. The standard InChI is InChI=1S/C11H17N5O4/c1-11(20-4-9(17)18)5-16(6-11)10(19)12-3-2-8-13-7-14-15-8/h7H,2-6H2,1H3,(H,12,19)(H,17,18)(H,13,14,15). The molecule has 2 heterocycles. The van der Waals surface area contributed by atoms with E-state index in [0.29, 0.717) is 31.9 Å². The molecule has 1 aromatic heterocycles. The second-order valence-electron chi connectivity index (χ2n) is 4.90.